The van der Waals surface area contributed by atoms with Crippen LogP contribution in [0.1, 0.15) is 5.56 Å². The largest absolute Gasteiger partial charge is 0.474 e. The van der Waals surface area contributed by atoms with Gasteiger partial charge in [0.2, 0.25) is 0 Å². The van der Waals surface area contributed by atoms with Crippen molar-refractivity contribution in [1.82, 2.24) is 0 Å². The first kappa shape index (κ1) is 10.1. The zero-order valence-electron chi connectivity index (χ0n) is 8.32. The quantitative estimate of drug-likeness (QED) is 0.809. The Kier molecular flexibility index (Phi) is 2.97. The van der Waals surface area contributed by atoms with Crippen molar-refractivity contribution in [3.05, 3.63) is 35.6 Å². The zero-order chi connectivity index (χ0) is 10.7. The molecule has 0 bridgehead atoms. The van der Waals surface area contributed by atoms with Gasteiger partial charge in [0.05, 0.1) is 13.1 Å². The van der Waals surface area contributed by atoms with Crippen LogP contribution in [0.2, 0.25) is 0 Å². The summed E-state index contributed by atoms with van der Waals surface area (Å²) in [6.07, 6.45) is 0.676. The fourth-order valence-corrected chi connectivity index (χ4v) is 1.62. The number of rotatable bonds is 3. The molecular formula is C11H13FN2O. The molecule has 0 radical (unpaired) electrons. The van der Waals surface area contributed by atoms with Crippen LogP contribution in [-0.2, 0) is 11.2 Å². The fourth-order valence-electron chi connectivity index (χ4n) is 1.62. The molecule has 0 aromatic heterocycles. The Morgan fingerprint density at radius 2 is 2.40 bits per heavy atom. The molecule has 1 aromatic carbocycles. The zero-order valence-corrected chi connectivity index (χ0v) is 8.32. The molecule has 1 unspecified atom stereocenters. The maximum Gasteiger partial charge on any atom is 0.197 e. The number of benzene rings is 1. The summed E-state index contributed by atoms with van der Waals surface area (Å²) in [5.74, 6) is 0.377. The molecule has 15 heavy (non-hydrogen) atoms. The van der Waals surface area contributed by atoms with Crippen molar-refractivity contribution in [2.24, 2.45) is 10.7 Å². The second-order valence-corrected chi connectivity index (χ2v) is 3.51. The number of halogens is 1. The van der Waals surface area contributed by atoms with Crippen molar-refractivity contribution in [3.8, 4) is 0 Å². The van der Waals surface area contributed by atoms with E-state index in [0.717, 1.165) is 5.56 Å². The maximum atomic E-state index is 12.9. The first-order valence-corrected chi connectivity index (χ1v) is 4.92. The van der Waals surface area contributed by atoms with Crippen LogP contribution < -0.4 is 5.73 Å². The lowest BCUT2D eigenvalue weighted by molar-refractivity contribution is 0.221. The molecule has 3 nitrogen and oxygen atoms in total. The molecule has 1 atom stereocenters. The van der Waals surface area contributed by atoms with Crippen molar-refractivity contribution in [2.75, 3.05) is 13.1 Å². The number of aliphatic imine (C=N–C) groups is 1. The lowest BCUT2D eigenvalue weighted by atomic mass is 10.1. The molecule has 1 heterocycles. The summed E-state index contributed by atoms with van der Waals surface area (Å²) >= 11 is 0. The van der Waals surface area contributed by atoms with E-state index in [-0.39, 0.29) is 11.9 Å². The van der Waals surface area contributed by atoms with Crippen LogP contribution in [0.3, 0.4) is 0 Å². The lowest BCUT2D eigenvalue weighted by Crippen LogP contribution is -2.20. The van der Waals surface area contributed by atoms with E-state index in [9.17, 15) is 4.39 Å². The van der Waals surface area contributed by atoms with E-state index in [4.69, 9.17) is 10.5 Å². The van der Waals surface area contributed by atoms with Crippen molar-refractivity contribution < 1.29 is 9.13 Å². The number of nitrogens with two attached hydrogens (primary N) is 1. The van der Waals surface area contributed by atoms with Crippen LogP contribution in [0.25, 0.3) is 0 Å². The molecule has 1 aromatic rings. The topological polar surface area (TPSA) is 47.6 Å². The average Bonchev–Trinajstić information content (AvgIpc) is 2.65. The monoisotopic (exact) mass is 208 g/mol. The predicted molar refractivity (Wildman–Crippen MR) is 56.3 cm³/mol. The molecule has 0 spiro atoms. The Bertz CT molecular complexity index is 379. The minimum atomic E-state index is -0.217. The average molecular weight is 208 g/mol. The van der Waals surface area contributed by atoms with Crippen LogP contribution in [0.5, 0.6) is 0 Å². The maximum absolute atomic E-state index is 12.9. The molecule has 0 saturated heterocycles. The Balaban J connectivity index is 1.94. The van der Waals surface area contributed by atoms with Gasteiger partial charge in [0, 0.05) is 6.42 Å². The number of nitrogens with zero attached hydrogens (tertiary/aromatic N) is 1. The highest BCUT2D eigenvalue weighted by molar-refractivity contribution is 5.79. The highest BCUT2D eigenvalue weighted by atomic mass is 19.1. The summed E-state index contributed by atoms with van der Waals surface area (Å²) in [7, 11) is 0. The molecule has 0 aliphatic carbocycles. The van der Waals surface area contributed by atoms with E-state index >= 15 is 0 Å². The first-order valence-electron chi connectivity index (χ1n) is 4.92. The van der Waals surface area contributed by atoms with E-state index in [1.807, 2.05) is 6.07 Å². The van der Waals surface area contributed by atoms with Gasteiger partial charge in [-0.3, -0.25) is 4.99 Å². The molecule has 0 fully saturated rings. The van der Waals surface area contributed by atoms with Gasteiger partial charge >= 0.3 is 0 Å². The molecular weight excluding hydrogens is 195 g/mol. The van der Waals surface area contributed by atoms with Gasteiger partial charge < -0.3 is 10.5 Å². The molecule has 0 amide bonds. The molecule has 1 aliphatic heterocycles. The number of ether oxygens (including phenoxy) is 1. The SMILES string of the molecule is NCC1=NCC(Cc2cccc(F)c2)O1. The highest BCUT2D eigenvalue weighted by Gasteiger charge is 2.18. The smallest absolute Gasteiger partial charge is 0.197 e. The van der Waals surface area contributed by atoms with Gasteiger partial charge in [0.25, 0.3) is 0 Å². The van der Waals surface area contributed by atoms with Gasteiger partial charge in [-0.15, -0.1) is 0 Å². The van der Waals surface area contributed by atoms with E-state index < -0.39 is 0 Å². The first-order chi connectivity index (χ1) is 7.28. The normalized spacial score (nSPS) is 19.9. The number of hydrogen-bond acceptors (Lipinski definition) is 3. The van der Waals surface area contributed by atoms with Crippen molar-refractivity contribution in [1.29, 1.82) is 0 Å². The third-order valence-electron chi connectivity index (χ3n) is 2.30. The van der Waals surface area contributed by atoms with Crippen LogP contribution >= 0.6 is 0 Å². The molecule has 2 rings (SSSR count). The Hall–Kier alpha value is -1.42. The second-order valence-electron chi connectivity index (χ2n) is 3.51. The summed E-state index contributed by atoms with van der Waals surface area (Å²) in [6.45, 7) is 0.947. The van der Waals surface area contributed by atoms with Crippen molar-refractivity contribution >= 4 is 5.90 Å². The summed E-state index contributed by atoms with van der Waals surface area (Å²) in [6, 6.07) is 6.53. The lowest BCUT2D eigenvalue weighted by Gasteiger charge is -2.10. The second kappa shape index (κ2) is 4.40. The van der Waals surface area contributed by atoms with Gasteiger partial charge in [0.15, 0.2) is 5.90 Å². The molecule has 1 aliphatic rings. The Morgan fingerprint density at radius 1 is 1.53 bits per heavy atom. The number of hydrogen-bond donors (Lipinski definition) is 1. The predicted octanol–water partition coefficient (Wildman–Crippen LogP) is 1.12. The van der Waals surface area contributed by atoms with E-state index in [0.29, 0.717) is 25.4 Å². The minimum absolute atomic E-state index is 0.00495. The van der Waals surface area contributed by atoms with Gasteiger partial charge in [0.1, 0.15) is 11.9 Å². The fraction of sp³-hybridized carbons (Fsp3) is 0.364. The van der Waals surface area contributed by atoms with E-state index in [1.54, 1.807) is 6.07 Å². The van der Waals surface area contributed by atoms with Crippen LogP contribution in [0.4, 0.5) is 4.39 Å². The minimum Gasteiger partial charge on any atom is -0.474 e. The summed E-state index contributed by atoms with van der Waals surface area (Å²) in [5.41, 5.74) is 6.32. The Morgan fingerprint density at radius 3 is 3.07 bits per heavy atom. The third-order valence-corrected chi connectivity index (χ3v) is 2.30. The summed E-state index contributed by atoms with van der Waals surface area (Å²) < 4.78 is 18.4. The highest BCUT2D eigenvalue weighted by Crippen LogP contribution is 2.12. The van der Waals surface area contributed by atoms with Gasteiger partial charge in [-0.25, -0.2) is 4.39 Å². The Labute approximate surface area is 87.8 Å². The molecule has 0 saturated carbocycles. The van der Waals surface area contributed by atoms with Crippen molar-refractivity contribution in [2.45, 2.75) is 12.5 Å². The molecule has 4 heteroatoms. The standard InChI is InChI=1S/C11H13FN2O/c12-9-3-1-2-8(4-9)5-10-7-14-11(6-13)15-10/h1-4,10H,5-7,13H2. The van der Waals surface area contributed by atoms with Gasteiger partial charge in [-0.2, -0.15) is 0 Å². The van der Waals surface area contributed by atoms with Gasteiger partial charge in [-0.1, -0.05) is 12.1 Å². The van der Waals surface area contributed by atoms with Gasteiger partial charge in [-0.05, 0) is 17.7 Å². The van der Waals surface area contributed by atoms with E-state index in [1.165, 1.54) is 12.1 Å². The summed E-state index contributed by atoms with van der Waals surface area (Å²) in [4.78, 5) is 4.13. The molecule has 2 N–H and O–H groups in total. The van der Waals surface area contributed by atoms with Crippen molar-refractivity contribution in [3.63, 3.8) is 0 Å². The van der Waals surface area contributed by atoms with Crippen LogP contribution in [0, 0.1) is 5.82 Å². The summed E-state index contributed by atoms with van der Waals surface area (Å²) in [5, 5.41) is 0. The molecule has 80 valence electrons. The third kappa shape index (κ3) is 2.53. The van der Waals surface area contributed by atoms with E-state index in [2.05, 4.69) is 4.99 Å². The van der Waals surface area contributed by atoms with Crippen LogP contribution in [0.15, 0.2) is 29.3 Å². The van der Waals surface area contributed by atoms with Crippen LogP contribution in [-0.4, -0.2) is 25.1 Å².